The zero-order valence-corrected chi connectivity index (χ0v) is 84.7. The zero-order chi connectivity index (χ0) is 91.8. The van der Waals surface area contributed by atoms with Gasteiger partial charge in [-0.3, -0.25) is 19.9 Å². The van der Waals surface area contributed by atoms with Crippen LogP contribution in [0.2, 0.25) is 0 Å². The molecule has 0 fully saturated rings. The van der Waals surface area contributed by atoms with Gasteiger partial charge in [-0.05, 0) is 203 Å². The van der Waals surface area contributed by atoms with E-state index < -0.39 is 20.7 Å². The number of pyridine rings is 4. The van der Waals surface area contributed by atoms with E-state index in [2.05, 4.69) is 399 Å². The fourth-order valence-electron chi connectivity index (χ4n) is 19.4. The van der Waals surface area contributed by atoms with Crippen LogP contribution in [0.25, 0.3) is 100 Å². The number of hydrogen-bond donors (Lipinski definition) is 0. The summed E-state index contributed by atoms with van der Waals surface area (Å²) >= 11 is 0. The predicted molar refractivity (Wildman–Crippen MR) is 548 cm³/mol. The number of benzene rings is 16. The van der Waals surface area contributed by atoms with Crippen molar-refractivity contribution in [3.63, 3.8) is 0 Å². The summed E-state index contributed by atoms with van der Waals surface area (Å²) in [6, 6.07) is 167. The summed E-state index contributed by atoms with van der Waals surface area (Å²) in [6.07, 6.45) is 7.68. The van der Waals surface area contributed by atoms with Gasteiger partial charge in [0.05, 0.1) is 32.0 Å². The third-order valence-corrected chi connectivity index (χ3v) is 28.3. The molecule has 22 rings (SSSR count). The molecule has 20 aromatic rings. The van der Waals surface area contributed by atoms with Crippen LogP contribution < -0.4 is 0 Å². The van der Waals surface area contributed by atoms with Crippen LogP contribution in [0, 0.1) is 45.0 Å². The van der Waals surface area contributed by atoms with E-state index in [4.69, 9.17) is 15.0 Å². The first-order valence-electron chi connectivity index (χ1n) is 45.5. The number of aromatic nitrogens is 4. The van der Waals surface area contributed by atoms with Gasteiger partial charge >= 0.3 is 0 Å². The van der Waals surface area contributed by atoms with Gasteiger partial charge in [-0.1, -0.05) is 319 Å². The Hall–Kier alpha value is -13.4. The zero-order valence-electron chi connectivity index (χ0n) is 77.3. The second kappa shape index (κ2) is 43.5. The van der Waals surface area contributed by atoms with E-state index in [9.17, 15) is 8.42 Å². The summed E-state index contributed by atoms with van der Waals surface area (Å²) < 4.78 is 26.1. The molecular weight excluding hydrogens is 2060 g/mol. The summed E-state index contributed by atoms with van der Waals surface area (Å²) in [7, 11) is -3.50. The van der Waals surface area contributed by atoms with Crippen LogP contribution in [0.5, 0.6) is 0 Å². The number of fused-ring (bicyclic) bond motifs is 6. The standard InChI is InChI=1S/C37H26N.C36H26N.C28H26N.C26H20NO2S.4Rh/c1-26-25-38-36(24-33(26)29-22-20-28(21-23-29)27-12-4-2-5-13-27)37(30-14-6-3-7-15-30)34-18-10-8-16-31(34)32-17-9-11-19-35(32)37;1-5-13-28(14-6-1)29-21-23-30(24-22-29)31-25-26-37-35(27-31)36(32-15-7-2-8-16-32,33-17-9-3-10-18-33)34-19-11-4-12-20-34;1-20-17-24(22-11-7-5-8-12-22)18-21(2)27(20)23-15-16-29-26(19-23)28(3,4)25-13-9-6-10-14-25;1-26(2,20-8-4-3-5-9-20)25-17-19(14-15-27-25)18-12-13-22-21-10-6-7-11-23(21)30(28,29)24(22)16-18;;;;/h2-14,16-25H,1H3;1-19,21-27H;5-13,15-19H,1-4H3;3-8,10-17H,1-2H3;;;;/q4*-1;;;;. The molecule has 684 valence electrons. The average molecular weight is 2160 g/mol. The van der Waals surface area contributed by atoms with E-state index >= 15 is 0 Å². The van der Waals surface area contributed by atoms with Gasteiger partial charge in [0.15, 0.2) is 0 Å². The van der Waals surface area contributed by atoms with Crippen molar-refractivity contribution in [1.29, 1.82) is 0 Å². The first kappa shape index (κ1) is 99.1. The topological polar surface area (TPSA) is 85.7 Å². The van der Waals surface area contributed by atoms with Gasteiger partial charge in [-0.15, -0.1) is 11.1 Å². The molecule has 0 saturated heterocycles. The van der Waals surface area contributed by atoms with Gasteiger partial charge in [0, 0.05) is 136 Å². The fourth-order valence-corrected chi connectivity index (χ4v) is 21.1. The molecule has 11 heteroatoms. The first-order valence-corrected chi connectivity index (χ1v) is 47.0. The van der Waals surface area contributed by atoms with Gasteiger partial charge in [0.1, 0.15) is 0 Å². The van der Waals surface area contributed by atoms with Crippen molar-refractivity contribution in [2.24, 2.45) is 0 Å². The van der Waals surface area contributed by atoms with Gasteiger partial charge in [-0.2, -0.15) is 132 Å². The maximum Gasteiger partial charge on any atom is 0.207 e. The van der Waals surface area contributed by atoms with Crippen molar-refractivity contribution in [3.8, 4) is 100 Å². The smallest absolute Gasteiger partial charge is 0.207 e. The Bertz CT molecular complexity index is 7510. The molecule has 0 bridgehead atoms. The molecule has 16 aromatic carbocycles. The molecule has 0 saturated carbocycles. The molecule has 4 radical (unpaired) electrons. The molecule has 0 N–H and O–H groups in total. The number of rotatable bonds is 17. The maximum absolute atomic E-state index is 13.1. The minimum absolute atomic E-state index is 0. The van der Waals surface area contributed by atoms with Crippen LogP contribution in [0.3, 0.4) is 0 Å². The molecule has 4 aromatic heterocycles. The van der Waals surface area contributed by atoms with Gasteiger partial charge in [-0.25, -0.2) is 8.42 Å². The monoisotopic (exact) mass is 2150 g/mol. The van der Waals surface area contributed by atoms with Crippen LogP contribution >= 0.6 is 0 Å². The Balaban J connectivity index is 0.000000139. The van der Waals surface area contributed by atoms with Crippen LogP contribution in [0.1, 0.15) is 112 Å². The SMILES string of the molecule is CC(C)(c1[c-]cccc1)c1cc(-c2ccc3c(c2)S(=O)(=O)c2ccccc2-3)ccn1.Cc1cc(-c2ccccc2)cc(C)c1-c1ccnc(C(C)(C)c2[c-]cccc2)c1.Cc1cnc(C2(c3[c-]cccc3)c3ccccc3-c3ccccc32)cc1-c1ccc(-c2ccccc2)cc1.[Rh].[Rh].[Rh].[Rh].[c-]1ccccc1C(c1ccccc1)(c1ccccc1)c1cc(-c2ccc(-c3ccccc3)cc2)ccn1. The van der Waals surface area contributed by atoms with Crippen LogP contribution in [-0.2, 0) is 109 Å². The molecule has 5 heterocycles. The Morgan fingerprint density at radius 2 is 0.616 bits per heavy atom. The van der Waals surface area contributed by atoms with E-state index in [1.54, 1.807) is 24.4 Å². The molecule has 0 atom stereocenters. The van der Waals surface area contributed by atoms with Gasteiger partial charge in [0.2, 0.25) is 9.84 Å². The second-order valence-electron chi connectivity index (χ2n) is 35.3. The van der Waals surface area contributed by atoms with E-state index in [0.717, 1.165) is 95.1 Å². The molecular formula is C127H98N4O2Rh4S-4. The van der Waals surface area contributed by atoms with Gasteiger partial charge in [0.25, 0.3) is 0 Å². The quantitative estimate of drug-likeness (QED) is 0.0513. The van der Waals surface area contributed by atoms with E-state index in [0.29, 0.717) is 9.79 Å². The third kappa shape index (κ3) is 19.7. The molecule has 6 nitrogen and oxygen atoms in total. The fraction of sp³-hybridized carbons (Fsp3) is 0.0866. The Morgan fingerprint density at radius 1 is 0.261 bits per heavy atom. The van der Waals surface area contributed by atoms with Crippen molar-refractivity contribution in [1.82, 2.24) is 19.9 Å². The summed E-state index contributed by atoms with van der Waals surface area (Å²) in [6.45, 7) is 15.2. The third-order valence-electron chi connectivity index (χ3n) is 26.4. The van der Waals surface area contributed by atoms with E-state index in [-0.39, 0.29) is 88.7 Å². The Kier molecular flexibility index (Phi) is 31.2. The van der Waals surface area contributed by atoms with Crippen molar-refractivity contribution in [3.05, 3.63) is 576 Å². The largest absolute Gasteiger partial charge is 0.260 e. The number of nitrogens with zero attached hydrogens (tertiary/aromatic N) is 4. The number of aryl methyl sites for hydroxylation is 3. The molecule has 138 heavy (non-hydrogen) atoms. The molecule has 2 aliphatic rings. The molecule has 0 unspecified atom stereocenters. The minimum Gasteiger partial charge on any atom is -0.260 e. The van der Waals surface area contributed by atoms with Crippen LogP contribution in [0.15, 0.2) is 477 Å². The van der Waals surface area contributed by atoms with Crippen LogP contribution in [0.4, 0.5) is 0 Å². The van der Waals surface area contributed by atoms with Gasteiger partial charge < -0.3 is 0 Å². The van der Waals surface area contributed by atoms with Crippen LogP contribution in [-0.4, -0.2) is 28.4 Å². The predicted octanol–water partition coefficient (Wildman–Crippen LogP) is 30.3. The van der Waals surface area contributed by atoms with Crippen molar-refractivity contribution >= 4 is 9.84 Å². The first-order chi connectivity index (χ1) is 65.5. The van der Waals surface area contributed by atoms with Crippen molar-refractivity contribution in [2.45, 2.75) is 79.9 Å². The van der Waals surface area contributed by atoms with E-state index in [1.165, 1.54) is 89.0 Å². The average Bonchev–Trinajstić information content (AvgIpc) is 1.54. The molecule has 0 spiro atoms. The summed E-state index contributed by atoms with van der Waals surface area (Å²) in [5.41, 5.74) is 35.7. The Morgan fingerprint density at radius 3 is 1.09 bits per heavy atom. The number of hydrogen-bond acceptors (Lipinski definition) is 6. The normalized spacial score (nSPS) is 12.1. The molecule has 1 aliphatic heterocycles. The summed E-state index contributed by atoms with van der Waals surface area (Å²) in [4.78, 5) is 20.2. The second-order valence-corrected chi connectivity index (χ2v) is 37.2. The number of sulfone groups is 1. The van der Waals surface area contributed by atoms with Crippen molar-refractivity contribution < 1.29 is 86.3 Å². The Labute approximate surface area is 864 Å². The maximum atomic E-state index is 13.1. The summed E-state index contributed by atoms with van der Waals surface area (Å²) in [5.74, 6) is 0. The molecule has 1 aliphatic carbocycles. The summed E-state index contributed by atoms with van der Waals surface area (Å²) in [5, 5.41) is 0. The van der Waals surface area contributed by atoms with E-state index in [1.807, 2.05) is 122 Å². The molecule has 0 amide bonds. The minimum atomic E-state index is -3.50. The van der Waals surface area contributed by atoms with Crippen molar-refractivity contribution in [2.75, 3.05) is 0 Å².